The summed E-state index contributed by atoms with van der Waals surface area (Å²) in [7, 11) is 1.74. The molecule has 0 aromatic heterocycles. The second-order valence-corrected chi connectivity index (χ2v) is 6.52. The lowest BCUT2D eigenvalue weighted by atomic mass is 9.91. The minimum Gasteiger partial charge on any atom is -0.396 e. The van der Waals surface area contributed by atoms with E-state index in [-0.39, 0.29) is 19.1 Å². The van der Waals surface area contributed by atoms with Gasteiger partial charge >= 0.3 is 0 Å². The summed E-state index contributed by atoms with van der Waals surface area (Å²) in [5.74, 6) is 0.371. The Bertz CT molecular complexity index is 497. The van der Waals surface area contributed by atoms with Crippen LogP contribution >= 0.6 is 0 Å². The Balaban J connectivity index is 1.96. The first-order valence-corrected chi connectivity index (χ1v) is 7.52. The Morgan fingerprint density at radius 1 is 1.33 bits per heavy atom. The van der Waals surface area contributed by atoms with Crippen molar-refractivity contribution in [3.8, 4) is 0 Å². The average molecular weight is 291 g/mol. The zero-order valence-corrected chi connectivity index (χ0v) is 12.9. The van der Waals surface area contributed by atoms with Gasteiger partial charge in [-0.25, -0.2) is 0 Å². The van der Waals surface area contributed by atoms with Crippen LogP contribution in [0.15, 0.2) is 24.3 Å². The molecular formula is C17H25NO3. The number of carbonyl (C=O) groups is 1. The highest BCUT2D eigenvalue weighted by molar-refractivity contribution is 5.77. The first-order valence-electron chi connectivity index (χ1n) is 7.52. The average Bonchev–Trinajstić information content (AvgIpc) is 2.90. The molecule has 0 aliphatic heterocycles. The predicted octanol–water partition coefficient (Wildman–Crippen LogP) is 1.56. The van der Waals surface area contributed by atoms with Gasteiger partial charge in [-0.1, -0.05) is 31.2 Å². The lowest BCUT2D eigenvalue weighted by molar-refractivity contribution is -0.132. The van der Waals surface area contributed by atoms with Crippen molar-refractivity contribution < 1.29 is 15.0 Å². The van der Waals surface area contributed by atoms with Gasteiger partial charge in [0, 0.05) is 25.4 Å². The van der Waals surface area contributed by atoms with Gasteiger partial charge < -0.3 is 15.1 Å². The van der Waals surface area contributed by atoms with Crippen LogP contribution in [0.5, 0.6) is 0 Å². The molecule has 0 fully saturated rings. The fourth-order valence-electron chi connectivity index (χ4n) is 3.03. The molecule has 1 aliphatic carbocycles. The minimum atomic E-state index is -0.641. The molecule has 0 saturated heterocycles. The van der Waals surface area contributed by atoms with E-state index in [0.29, 0.717) is 18.9 Å². The van der Waals surface area contributed by atoms with Crippen molar-refractivity contribution in [3.63, 3.8) is 0 Å². The van der Waals surface area contributed by atoms with E-state index in [1.165, 1.54) is 11.1 Å². The van der Waals surface area contributed by atoms with Gasteiger partial charge in [0.05, 0.1) is 13.2 Å². The van der Waals surface area contributed by atoms with Crippen LogP contribution in [0.4, 0.5) is 0 Å². The van der Waals surface area contributed by atoms with Gasteiger partial charge in [0.25, 0.3) is 0 Å². The van der Waals surface area contributed by atoms with E-state index in [4.69, 9.17) is 0 Å². The molecule has 0 spiro atoms. The Labute approximate surface area is 126 Å². The van der Waals surface area contributed by atoms with E-state index in [1.54, 1.807) is 18.9 Å². The maximum Gasteiger partial charge on any atom is 0.222 e. The highest BCUT2D eigenvalue weighted by atomic mass is 16.3. The number of aliphatic hydroxyl groups excluding tert-OH is 2. The van der Waals surface area contributed by atoms with Crippen molar-refractivity contribution in [2.75, 3.05) is 26.8 Å². The lowest BCUT2D eigenvalue weighted by Crippen LogP contribution is -2.41. The molecule has 116 valence electrons. The van der Waals surface area contributed by atoms with Crippen molar-refractivity contribution in [3.05, 3.63) is 35.4 Å². The summed E-state index contributed by atoms with van der Waals surface area (Å²) in [6.45, 7) is 1.88. The first-order chi connectivity index (χ1) is 9.99. The standard InChI is InChI=1S/C17H25NO3/c1-17(11-19,12-20)10-18(2)16(21)9-14-8-7-13-5-3-4-6-15(13)14/h3-6,14,19-20H,7-12H2,1-2H3/t14-/m0/s1. The van der Waals surface area contributed by atoms with Crippen LogP contribution in [0.1, 0.15) is 36.8 Å². The Morgan fingerprint density at radius 2 is 2.00 bits per heavy atom. The van der Waals surface area contributed by atoms with Gasteiger partial charge in [-0.15, -0.1) is 0 Å². The van der Waals surface area contributed by atoms with Crippen molar-refractivity contribution in [1.29, 1.82) is 0 Å². The minimum absolute atomic E-state index is 0.0739. The highest BCUT2D eigenvalue weighted by Gasteiger charge is 2.29. The summed E-state index contributed by atoms with van der Waals surface area (Å²) in [6, 6.07) is 8.33. The summed E-state index contributed by atoms with van der Waals surface area (Å²) in [5.41, 5.74) is 2.01. The van der Waals surface area contributed by atoms with Crippen LogP contribution in [0.25, 0.3) is 0 Å². The molecular weight excluding hydrogens is 266 g/mol. The number of nitrogens with zero attached hydrogens (tertiary/aromatic N) is 1. The smallest absolute Gasteiger partial charge is 0.222 e. The number of benzene rings is 1. The highest BCUT2D eigenvalue weighted by Crippen LogP contribution is 2.35. The SMILES string of the molecule is CN(CC(C)(CO)CO)C(=O)C[C@@H]1CCc2ccccc21. The Hall–Kier alpha value is -1.39. The predicted molar refractivity (Wildman–Crippen MR) is 82.0 cm³/mol. The van der Waals surface area contributed by atoms with Crippen LogP contribution in [-0.4, -0.2) is 47.8 Å². The fourth-order valence-corrected chi connectivity index (χ4v) is 3.03. The third kappa shape index (κ3) is 3.63. The van der Waals surface area contributed by atoms with E-state index < -0.39 is 5.41 Å². The molecule has 4 nitrogen and oxygen atoms in total. The maximum absolute atomic E-state index is 12.4. The molecule has 0 bridgehead atoms. The monoisotopic (exact) mass is 291 g/mol. The van der Waals surface area contributed by atoms with Crippen LogP contribution in [-0.2, 0) is 11.2 Å². The lowest BCUT2D eigenvalue weighted by Gasteiger charge is -2.31. The van der Waals surface area contributed by atoms with Crippen LogP contribution in [0.3, 0.4) is 0 Å². The summed E-state index contributed by atoms with van der Waals surface area (Å²) in [4.78, 5) is 14.0. The van der Waals surface area contributed by atoms with Gasteiger partial charge in [-0.05, 0) is 29.9 Å². The van der Waals surface area contributed by atoms with Gasteiger partial charge in [-0.3, -0.25) is 4.79 Å². The van der Waals surface area contributed by atoms with Crippen LogP contribution in [0.2, 0.25) is 0 Å². The van der Waals surface area contributed by atoms with Crippen molar-refractivity contribution in [1.82, 2.24) is 4.90 Å². The Morgan fingerprint density at radius 3 is 2.67 bits per heavy atom. The van der Waals surface area contributed by atoms with Gasteiger partial charge in [0.1, 0.15) is 0 Å². The topological polar surface area (TPSA) is 60.8 Å². The number of hydrogen-bond donors (Lipinski definition) is 2. The van der Waals surface area contributed by atoms with E-state index in [1.807, 2.05) is 12.1 Å². The molecule has 1 atom stereocenters. The molecule has 0 saturated carbocycles. The van der Waals surface area contributed by atoms with Gasteiger partial charge in [0.15, 0.2) is 0 Å². The molecule has 0 unspecified atom stereocenters. The summed E-state index contributed by atoms with van der Waals surface area (Å²) in [6.07, 6.45) is 2.57. The molecule has 1 aliphatic rings. The second-order valence-electron chi connectivity index (χ2n) is 6.52. The molecule has 2 N–H and O–H groups in total. The zero-order chi connectivity index (χ0) is 15.5. The summed E-state index contributed by atoms with van der Waals surface area (Å²) < 4.78 is 0. The van der Waals surface area contributed by atoms with E-state index in [0.717, 1.165) is 12.8 Å². The number of amides is 1. The molecule has 0 heterocycles. The second kappa shape index (κ2) is 6.58. The Kier molecular flexibility index (Phi) is 5.01. The molecule has 1 amide bonds. The number of fused-ring (bicyclic) bond motifs is 1. The molecule has 21 heavy (non-hydrogen) atoms. The summed E-state index contributed by atoms with van der Waals surface area (Å²) in [5, 5.41) is 18.7. The molecule has 1 aromatic carbocycles. The van der Waals surface area contributed by atoms with Crippen molar-refractivity contribution in [2.45, 2.75) is 32.1 Å². The zero-order valence-electron chi connectivity index (χ0n) is 12.9. The molecule has 0 radical (unpaired) electrons. The quantitative estimate of drug-likeness (QED) is 0.836. The summed E-state index contributed by atoms with van der Waals surface area (Å²) >= 11 is 0. The largest absolute Gasteiger partial charge is 0.396 e. The van der Waals surface area contributed by atoms with Crippen molar-refractivity contribution >= 4 is 5.91 Å². The van der Waals surface area contributed by atoms with Crippen LogP contribution < -0.4 is 0 Å². The van der Waals surface area contributed by atoms with E-state index in [2.05, 4.69) is 12.1 Å². The van der Waals surface area contributed by atoms with Gasteiger partial charge in [-0.2, -0.15) is 0 Å². The number of aliphatic hydroxyl groups is 2. The molecule has 1 aromatic rings. The number of hydrogen-bond acceptors (Lipinski definition) is 3. The number of aryl methyl sites for hydroxylation is 1. The normalized spacial score (nSPS) is 17.6. The van der Waals surface area contributed by atoms with E-state index >= 15 is 0 Å². The van der Waals surface area contributed by atoms with Gasteiger partial charge in [0.2, 0.25) is 5.91 Å². The maximum atomic E-state index is 12.4. The van der Waals surface area contributed by atoms with Crippen LogP contribution in [0, 0.1) is 5.41 Å². The molecule has 2 rings (SSSR count). The number of carbonyl (C=O) groups excluding carboxylic acids is 1. The third-order valence-electron chi connectivity index (χ3n) is 4.49. The first kappa shape index (κ1) is 16.0. The van der Waals surface area contributed by atoms with Crippen molar-refractivity contribution in [2.24, 2.45) is 5.41 Å². The van der Waals surface area contributed by atoms with E-state index in [9.17, 15) is 15.0 Å². The third-order valence-corrected chi connectivity index (χ3v) is 4.49. The molecule has 4 heteroatoms. The number of rotatable bonds is 6. The fraction of sp³-hybridized carbons (Fsp3) is 0.588.